The molecule has 1 aliphatic heterocycles. The zero-order valence-electron chi connectivity index (χ0n) is 19.1. The number of fused-ring (bicyclic) bond motifs is 3. The monoisotopic (exact) mass is 473 g/mol. The van der Waals surface area contributed by atoms with Crippen LogP contribution in [0.5, 0.6) is 0 Å². The van der Waals surface area contributed by atoms with Crippen molar-refractivity contribution in [3.63, 3.8) is 0 Å². The topological polar surface area (TPSA) is 112 Å². The number of rotatable bonds is 7. The van der Waals surface area contributed by atoms with Crippen molar-refractivity contribution in [2.75, 3.05) is 13.2 Å². The standard InChI is InChI=1S/C27H27N3O5/c31-25(30-14-6-12-24(30)26(32)33)23(15-17-7-5-13-28-17)29-27(34)35-16-22-20-10-3-1-8-18(20)19-9-2-4-11-21(19)22/h1-5,7-11,13,22-24,28H,6,12,14-16H2,(H,29,34)(H,32,33). The highest BCUT2D eigenvalue weighted by atomic mass is 16.5. The van der Waals surface area contributed by atoms with Crippen molar-refractivity contribution < 1.29 is 24.2 Å². The third-order valence-corrected chi connectivity index (χ3v) is 6.84. The van der Waals surface area contributed by atoms with Gasteiger partial charge in [-0.05, 0) is 47.2 Å². The van der Waals surface area contributed by atoms with Gasteiger partial charge < -0.3 is 25.0 Å². The summed E-state index contributed by atoms with van der Waals surface area (Å²) >= 11 is 0. The molecule has 0 spiro atoms. The van der Waals surface area contributed by atoms with E-state index in [1.807, 2.05) is 42.5 Å². The predicted molar refractivity (Wildman–Crippen MR) is 129 cm³/mol. The van der Waals surface area contributed by atoms with Gasteiger partial charge in [0.2, 0.25) is 5.91 Å². The lowest BCUT2D eigenvalue weighted by atomic mass is 9.98. The van der Waals surface area contributed by atoms with Crippen LogP contribution in [0.2, 0.25) is 0 Å². The highest BCUT2D eigenvalue weighted by molar-refractivity contribution is 5.90. The molecule has 2 aliphatic rings. The summed E-state index contributed by atoms with van der Waals surface area (Å²) in [6, 6.07) is 17.9. The van der Waals surface area contributed by atoms with Crippen molar-refractivity contribution in [2.24, 2.45) is 0 Å². The quantitative estimate of drug-likeness (QED) is 0.486. The lowest BCUT2D eigenvalue weighted by Crippen LogP contribution is -2.52. The van der Waals surface area contributed by atoms with Gasteiger partial charge in [0.15, 0.2) is 0 Å². The van der Waals surface area contributed by atoms with E-state index in [-0.39, 0.29) is 18.9 Å². The van der Waals surface area contributed by atoms with Crippen LogP contribution in [0.4, 0.5) is 4.79 Å². The SMILES string of the molecule is O=C(NC(Cc1ccc[nH]1)C(=O)N1CCCC1C(=O)O)OCC1c2ccccc2-c2ccccc21. The molecule has 1 aromatic heterocycles. The molecule has 8 nitrogen and oxygen atoms in total. The second kappa shape index (κ2) is 9.66. The van der Waals surface area contributed by atoms with E-state index in [4.69, 9.17) is 4.74 Å². The molecule has 2 unspecified atom stereocenters. The average molecular weight is 474 g/mol. The highest BCUT2D eigenvalue weighted by Crippen LogP contribution is 2.44. The summed E-state index contributed by atoms with van der Waals surface area (Å²) < 4.78 is 5.63. The van der Waals surface area contributed by atoms with Gasteiger partial charge in [-0.15, -0.1) is 0 Å². The van der Waals surface area contributed by atoms with Crippen LogP contribution in [-0.2, 0) is 20.7 Å². The van der Waals surface area contributed by atoms with E-state index in [1.54, 1.807) is 12.3 Å². The Hall–Kier alpha value is -4.07. The van der Waals surface area contributed by atoms with Gasteiger partial charge >= 0.3 is 12.1 Å². The van der Waals surface area contributed by atoms with E-state index in [0.717, 1.165) is 27.9 Å². The molecule has 3 aromatic rings. The molecule has 8 heteroatoms. The van der Waals surface area contributed by atoms with Crippen molar-refractivity contribution in [3.8, 4) is 11.1 Å². The Balaban J connectivity index is 1.30. The van der Waals surface area contributed by atoms with Gasteiger partial charge in [-0.2, -0.15) is 0 Å². The second-order valence-electron chi connectivity index (χ2n) is 8.95. The van der Waals surface area contributed by atoms with Gasteiger partial charge in [-0.3, -0.25) is 4.79 Å². The number of benzene rings is 2. The Morgan fingerprint density at radius 3 is 2.34 bits per heavy atom. The number of carboxylic acid groups (broad SMARTS) is 1. The van der Waals surface area contributed by atoms with Crippen LogP contribution in [0.1, 0.15) is 35.6 Å². The van der Waals surface area contributed by atoms with Crippen molar-refractivity contribution in [3.05, 3.63) is 83.7 Å². The van der Waals surface area contributed by atoms with E-state index in [9.17, 15) is 19.5 Å². The number of aromatic nitrogens is 1. The van der Waals surface area contributed by atoms with Gasteiger partial charge in [0.05, 0.1) is 0 Å². The summed E-state index contributed by atoms with van der Waals surface area (Å²) in [4.78, 5) is 42.2. The number of hydrogen-bond donors (Lipinski definition) is 3. The second-order valence-corrected chi connectivity index (χ2v) is 8.95. The molecule has 3 N–H and O–H groups in total. The van der Waals surface area contributed by atoms with Crippen LogP contribution < -0.4 is 5.32 Å². The third-order valence-electron chi connectivity index (χ3n) is 6.84. The first-order valence-electron chi connectivity index (χ1n) is 11.8. The van der Waals surface area contributed by atoms with Crippen molar-refractivity contribution >= 4 is 18.0 Å². The summed E-state index contributed by atoms with van der Waals surface area (Å²) in [5.74, 6) is -1.55. The molecular weight excluding hydrogens is 446 g/mol. The fraction of sp³-hybridized carbons (Fsp3) is 0.296. The van der Waals surface area contributed by atoms with Crippen LogP contribution in [-0.4, -0.2) is 58.2 Å². The number of hydrogen-bond acceptors (Lipinski definition) is 4. The summed E-state index contributed by atoms with van der Waals surface area (Å²) in [7, 11) is 0. The smallest absolute Gasteiger partial charge is 0.407 e. The molecular formula is C27H27N3O5. The van der Waals surface area contributed by atoms with E-state index < -0.39 is 30.1 Å². The van der Waals surface area contributed by atoms with Crippen molar-refractivity contribution in [1.29, 1.82) is 0 Å². The molecule has 35 heavy (non-hydrogen) atoms. The van der Waals surface area contributed by atoms with Crippen LogP contribution in [0.25, 0.3) is 11.1 Å². The number of nitrogens with one attached hydrogen (secondary N) is 2. The molecule has 0 saturated carbocycles. The van der Waals surface area contributed by atoms with Crippen LogP contribution >= 0.6 is 0 Å². The van der Waals surface area contributed by atoms with E-state index in [0.29, 0.717) is 19.4 Å². The molecule has 0 radical (unpaired) electrons. The largest absolute Gasteiger partial charge is 0.480 e. The molecule has 2 atom stereocenters. The first-order valence-corrected chi connectivity index (χ1v) is 11.8. The molecule has 1 fully saturated rings. The van der Waals surface area contributed by atoms with Gasteiger partial charge in [-0.1, -0.05) is 48.5 Å². The van der Waals surface area contributed by atoms with Gasteiger partial charge in [-0.25, -0.2) is 9.59 Å². The summed E-state index contributed by atoms with van der Waals surface area (Å²) in [5.41, 5.74) is 5.22. The van der Waals surface area contributed by atoms with Crippen LogP contribution in [0.15, 0.2) is 66.9 Å². The van der Waals surface area contributed by atoms with Gasteiger partial charge in [0, 0.05) is 30.8 Å². The first-order chi connectivity index (χ1) is 17.0. The van der Waals surface area contributed by atoms with E-state index >= 15 is 0 Å². The number of ether oxygens (including phenoxy) is 1. The fourth-order valence-corrected chi connectivity index (χ4v) is 5.18. The van der Waals surface area contributed by atoms with Crippen LogP contribution in [0, 0.1) is 0 Å². The Kier molecular flexibility index (Phi) is 6.27. The lowest BCUT2D eigenvalue weighted by Gasteiger charge is -2.27. The van der Waals surface area contributed by atoms with E-state index in [2.05, 4.69) is 22.4 Å². The number of nitrogens with zero attached hydrogens (tertiary/aromatic N) is 1. The molecule has 2 aromatic carbocycles. The number of amides is 2. The molecule has 1 aliphatic carbocycles. The van der Waals surface area contributed by atoms with E-state index in [1.165, 1.54) is 4.90 Å². The fourth-order valence-electron chi connectivity index (χ4n) is 5.18. The maximum Gasteiger partial charge on any atom is 0.407 e. The molecule has 2 amide bonds. The maximum absolute atomic E-state index is 13.3. The minimum absolute atomic E-state index is 0.0966. The molecule has 0 bridgehead atoms. The summed E-state index contributed by atoms with van der Waals surface area (Å²) in [6.45, 7) is 0.480. The molecule has 5 rings (SSSR count). The summed E-state index contributed by atoms with van der Waals surface area (Å²) in [5, 5.41) is 12.2. The average Bonchev–Trinajstić information content (AvgIpc) is 3.61. The number of alkyl carbamates (subject to hydrolysis) is 1. The van der Waals surface area contributed by atoms with Crippen molar-refractivity contribution in [1.82, 2.24) is 15.2 Å². The zero-order chi connectivity index (χ0) is 24.4. The van der Waals surface area contributed by atoms with Gasteiger partial charge in [0.1, 0.15) is 18.7 Å². The minimum Gasteiger partial charge on any atom is -0.480 e. The number of carbonyl (C=O) groups is 3. The number of carbonyl (C=O) groups excluding carboxylic acids is 2. The maximum atomic E-state index is 13.3. The Morgan fingerprint density at radius 1 is 1.03 bits per heavy atom. The Bertz CT molecular complexity index is 1190. The number of carboxylic acids is 1. The van der Waals surface area contributed by atoms with Crippen molar-refractivity contribution in [2.45, 2.75) is 37.3 Å². The zero-order valence-corrected chi connectivity index (χ0v) is 19.1. The lowest BCUT2D eigenvalue weighted by molar-refractivity contribution is -0.149. The highest BCUT2D eigenvalue weighted by Gasteiger charge is 2.38. The van der Waals surface area contributed by atoms with Gasteiger partial charge in [0.25, 0.3) is 0 Å². The minimum atomic E-state index is -1.03. The number of aliphatic carboxylic acids is 1. The molecule has 180 valence electrons. The van der Waals surface area contributed by atoms with Crippen LogP contribution in [0.3, 0.4) is 0 Å². The summed E-state index contributed by atoms with van der Waals surface area (Å²) in [6.07, 6.45) is 2.26. The number of aromatic amines is 1. The molecule has 2 heterocycles. The Labute approximate surface area is 202 Å². The predicted octanol–water partition coefficient (Wildman–Crippen LogP) is 3.54. The number of H-pyrrole nitrogens is 1. The number of likely N-dealkylation sites (tertiary alicyclic amines) is 1. The first kappa shape index (κ1) is 22.7. The third kappa shape index (κ3) is 4.51. The molecule has 1 saturated heterocycles. The normalized spacial score (nSPS) is 17.5. The Morgan fingerprint density at radius 2 is 1.71 bits per heavy atom.